The summed E-state index contributed by atoms with van der Waals surface area (Å²) in [6.07, 6.45) is 10.5. The second-order valence-corrected chi connectivity index (χ2v) is 11.7. The minimum absolute atomic E-state index is 0.139. The van der Waals surface area contributed by atoms with E-state index in [1.54, 1.807) is 42.5 Å². The SMILES string of the molecule is CC/C=C/[C@@H](OC(N)=O)[C@@H](Cl)[C@H](O)CC(=O)[C@@H](O)[C@H](O)[C@H](C)/C(Cl)=C/C=C/C=C(C)/C=C/C=C/C(=O)N[C@H]1CC[C@@H](C(=O)O)C1. The van der Waals surface area contributed by atoms with E-state index in [0.717, 1.165) is 5.57 Å². The summed E-state index contributed by atoms with van der Waals surface area (Å²) in [6.45, 7) is 5.18. The van der Waals surface area contributed by atoms with Crippen LogP contribution in [0.4, 0.5) is 4.79 Å². The Hall–Kier alpha value is -3.22. The lowest BCUT2D eigenvalue weighted by atomic mass is 9.93. The number of hydrogen-bond donors (Lipinski definition) is 6. The van der Waals surface area contributed by atoms with Crippen molar-refractivity contribution in [1.29, 1.82) is 0 Å². The standard InChI is InChI=1S/C32H44Cl2N2O9/c1-4-5-13-26(45-32(35)44)28(34)24(37)18-25(38)30(41)29(40)20(3)23(33)12-8-6-10-19(2)11-7-9-14-27(39)36-22-16-15-21(17-22)31(42)43/h5-14,20-22,24,26,28-30,37,40-41H,4,15-18H2,1-3H3,(H2,35,44)(H,36,39)(H,42,43)/b8-6+,11-7+,13-5+,14-9+,19-10+,23-12-/t20-,21-,22+,24-,26-,28+,29-,30-/m1/s1. The van der Waals surface area contributed by atoms with E-state index >= 15 is 0 Å². The van der Waals surface area contributed by atoms with Gasteiger partial charge < -0.3 is 36.2 Å². The molecule has 0 heterocycles. The molecule has 1 aliphatic carbocycles. The number of nitrogens with one attached hydrogen (secondary N) is 1. The van der Waals surface area contributed by atoms with E-state index in [9.17, 15) is 34.5 Å². The van der Waals surface area contributed by atoms with Gasteiger partial charge in [0.15, 0.2) is 5.78 Å². The number of nitrogens with two attached hydrogens (primary N) is 1. The summed E-state index contributed by atoms with van der Waals surface area (Å²) in [5, 5.41) is 42.1. The first kappa shape index (κ1) is 39.8. The second kappa shape index (κ2) is 20.7. The van der Waals surface area contributed by atoms with Gasteiger partial charge in [-0.3, -0.25) is 14.4 Å². The zero-order valence-corrected chi connectivity index (χ0v) is 27.1. The Bertz CT molecular complexity index is 1200. The molecule has 13 heteroatoms. The Kier molecular flexibility index (Phi) is 18.3. The number of rotatable bonds is 18. The fourth-order valence-electron chi connectivity index (χ4n) is 4.40. The number of carboxylic acid groups (broad SMARTS) is 1. The van der Waals surface area contributed by atoms with Gasteiger partial charge in [0.25, 0.3) is 0 Å². The first-order valence-electron chi connectivity index (χ1n) is 14.6. The molecule has 11 nitrogen and oxygen atoms in total. The molecule has 2 amide bonds. The number of primary amides is 1. The third-order valence-electron chi connectivity index (χ3n) is 7.08. The van der Waals surface area contributed by atoms with Gasteiger partial charge in [0.2, 0.25) is 5.91 Å². The summed E-state index contributed by atoms with van der Waals surface area (Å²) in [5.41, 5.74) is 5.89. The van der Waals surface area contributed by atoms with Crippen LogP contribution < -0.4 is 11.1 Å². The Balaban J connectivity index is 2.62. The largest absolute Gasteiger partial charge is 0.481 e. The molecule has 1 fully saturated rings. The highest BCUT2D eigenvalue weighted by Crippen LogP contribution is 2.26. The normalized spacial score (nSPS) is 22.0. The van der Waals surface area contributed by atoms with Crippen molar-refractivity contribution >= 4 is 47.0 Å². The second-order valence-electron chi connectivity index (χ2n) is 10.8. The van der Waals surface area contributed by atoms with Gasteiger partial charge in [-0.1, -0.05) is 73.6 Å². The molecule has 0 bridgehead atoms. The minimum Gasteiger partial charge on any atom is -0.481 e. The minimum atomic E-state index is -1.87. The van der Waals surface area contributed by atoms with Gasteiger partial charge in [0, 0.05) is 29.5 Å². The molecule has 0 aliphatic heterocycles. The van der Waals surface area contributed by atoms with Crippen molar-refractivity contribution in [3.05, 3.63) is 71.4 Å². The summed E-state index contributed by atoms with van der Waals surface area (Å²) in [6, 6.07) is -0.139. The molecule has 1 aliphatic rings. The molecule has 1 rings (SSSR count). The van der Waals surface area contributed by atoms with E-state index in [2.05, 4.69) is 5.32 Å². The lowest BCUT2D eigenvalue weighted by molar-refractivity contribution is -0.141. The Morgan fingerprint density at radius 2 is 1.69 bits per heavy atom. The zero-order valence-electron chi connectivity index (χ0n) is 25.6. The van der Waals surface area contributed by atoms with Crippen LogP contribution in [0.5, 0.6) is 0 Å². The van der Waals surface area contributed by atoms with Crippen molar-refractivity contribution < 1.29 is 44.3 Å². The molecule has 0 unspecified atom stereocenters. The summed E-state index contributed by atoms with van der Waals surface area (Å²) in [5.74, 6) is -3.26. The molecule has 0 aromatic heterocycles. The number of carbonyl (C=O) groups excluding carboxylic acids is 3. The van der Waals surface area contributed by atoms with Gasteiger partial charge in [-0.2, -0.15) is 0 Å². The Morgan fingerprint density at radius 3 is 2.29 bits per heavy atom. The summed E-state index contributed by atoms with van der Waals surface area (Å²) in [7, 11) is 0. The van der Waals surface area contributed by atoms with Crippen molar-refractivity contribution in [3.8, 4) is 0 Å². The quantitative estimate of drug-likeness (QED) is 0.0543. The number of amides is 2. The average molecular weight is 672 g/mol. The number of hydrogen-bond acceptors (Lipinski definition) is 8. The Labute approximate surface area is 273 Å². The van der Waals surface area contributed by atoms with Gasteiger partial charge in [-0.25, -0.2) is 4.79 Å². The van der Waals surface area contributed by atoms with Crippen LogP contribution in [0, 0.1) is 11.8 Å². The fraction of sp³-hybridized carbons (Fsp3) is 0.500. The van der Waals surface area contributed by atoms with E-state index in [4.69, 9.17) is 38.8 Å². The van der Waals surface area contributed by atoms with Crippen LogP contribution in [0.1, 0.15) is 52.9 Å². The predicted octanol–water partition coefficient (Wildman–Crippen LogP) is 3.81. The van der Waals surface area contributed by atoms with E-state index < -0.39 is 65.9 Å². The molecule has 250 valence electrons. The number of alkyl halides is 1. The lowest BCUT2D eigenvalue weighted by Gasteiger charge is -2.26. The number of Topliss-reactive ketones (excluding diaryl/α,β-unsaturated/α-hetero) is 1. The van der Waals surface area contributed by atoms with Crippen LogP contribution in [-0.4, -0.2) is 80.0 Å². The zero-order chi connectivity index (χ0) is 34.1. The molecule has 1 saturated carbocycles. The van der Waals surface area contributed by atoms with E-state index in [1.165, 1.54) is 25.2 Å². The number of aliphatic hydroxyl groups excluding tert-OH is 3. The van der Waals surface area contributed by atoms with Crippen LogP contribution in [0.2, 0.25) is 0 Å². The van der Waals surface area contributed by atoms with E-state index in [0.29, 0.717) is 25.7 Å². The number of aliphatic carboxylic acids is 1. The highest BCUT2D eigenvalue weighted by atomic mass is 35.5. The molecule has 8 atom stereocenters. The summed E-state index contributed by atoms with van der Waals surface area (Å²) in [4.78, 5) is 46.8. The molecule has 45 heavy (non-hydrogen) atoms. The first-order chi connectivity index (χ1) is 21.2. The highest BCUT2D eigenvalue weighted by Gasteiger charge is 2.35. The van der Waals surface area contributed by atoms with Crippen molar-refractivity contribution in [2.75, 3.05) is 0 Å². The van der Waals surface area contributed by atoms with Gasteiger partial charge >= 0.3 is 12.1 Å². The van der Waals surface area contributed by atoms with Crippen LogP contribution in [0.3, 0.4) is 0 Å². The number of allylic oxidation sites excluding steroid dienone is 9. The summed E-state index contributed by atoms with van der Waals surface area (Å²) < 4.78 is 4.88. The number of ketones is 1. The first-order valence-corrected chi connectivity index (χ1v) is 15.4. The molecule has 0 spiro atoms. The number of carbonyl (C=O) groups is 4. The number of carboxylic acids is 1. The van der Waals surface area contributed by atoms with Crippen molar-refractivity contribution in [3.63, 3.8) is 0 Å². The van der Waals surface area contributed by atoms with E-state index in [1.807, 2.05) is 13.8 Å². The van der Waals surface area contributed by atoms with Gasteiger partial charge in [-0.15, -0.1) is 11.6 Å². The molecular weight excluding hydrogens is 627 g/mol. The molecule has 0 radical (unpaired) electrons. The molecular formula is C32H44Cl2N2O9. The maximum Gasteiger partial charge on any atom is 0.405 e. The monoisotopic (exact) mass is 670 g/mol. The van der Waals surface area contributed by atoms with Gasteiger partial charge in [-0.05, 0) is 44.8 Å². The fourth-order valence-corrected chi connectivity index (χ4v) is 4.83. The molecule has 0 saturated heterocycles. The average Bonchev–Trinajstić information content (AvgIpc) is 3.46. The number of aliphatic hydroxyl groups is 3. The van der Waals surface area contributed by atoms with Crippen molar-refractivity contribution in [2.45, 2.75) is 88.7 Å². The highest BCUT2D eigenvalue weighted by molar-refractivity contribution is 6.30. The maximum absolute atomic E-state index is 12.6. The molecule has 0 aromatic carbocycles. The van der Waals surface area contributed by atoms with Crippen molar-refractivity contribution in [1.82, 2.24) is 5.32 Å². The topological polar surface area (TPSA) is 196 Å². The summed E-state index contributed by atoms with van der Waals surface area (Å²) >= 11 is 12.5. The van der Waals surface area contributed by atoms with Crippen molar-refractivity contribution in [2.24, 2.45) is 17.6 Å². The lowest BCUT2D eigenvalue weighted by Crippen LogP contribution is -2.43. The van der Waals surface area contributed by atoms with Crippen LogP contribution in [-0.2, 0) is 19.1 Å². The smallest absolute Gasteiger partial charge is 0.405 e. The third-order valence-corrected chi connectivity index (χ3v) is 8.09. The van der Waals surface area contributed by atoms with E-state index in [-0.39, 0.29) is 17.0 Å². The van der Waals surface area contributed by atoms with Crippen LogP contribution in [0.25, 0.3) is 0 Å². The molecule has 0 aromatic rings. The number of ether oxygens (including phenoxy) is 1. The Morgan fingerprint density at radius 1 is 1.04 bits per heavy atom. The third kappa shape index (κ3) is 15.1. The van der Waals surface area contributed by atoms with Gasteiger partial charge in [0.05, 0.1) is 18.1 Å². The number of halogens is 2. The molecule has 7 N–H and O–H groups in total. The maximum atomic E-state index is 12.6. The predicted molar refractivity (Wildman–Crippen MR) is 172 cm³/mol. The van der Waals surface area contributed by atoms with Crippen LogP contribution >= 0.6 is 23.2 Å². The van der Waals surface area contributed by atoms with Crippen LogP contribution in [0.15, 0.2) is 71.4 Å². The van der Waals surface area contributed by atoms with Gasteiger partial charge in [0.1, 0.15) is 17.6 Å².